The minimum atomic E-state index is 0.296. The molecule has 0 radical (unpaired) electrons. The van der Waals surface area contributed by atoms with Gasteiger partial charge in [0.15, 0.2) is 0 Å². The summed E-state index contributed by atoms with van der Waals surface area (Å²) in [7, 11) is 0. The number of nitrogens with zero attached hydrogens (tertiary/aromatic N) is 2. The molecule has 0 aromatic carbocycles. The molecule has 2 heterocycles. The van der Waals surface area contributed by atoms with E-state index >= 15 is 0 Å². The quantitative estimate of drug-likeness (QED) is 0.694. The first-order chi connectivity index (χ1) is 7.88. The van der Waals surface area contributed by atoms with Gasteiger partial charge in [0.1, 0.15) is 0 Å². The largest absolute Gasteiger partial charge is 0.395 e. The van der Waals surface area contributed by atoms with Gasteiger partial charge >= 0.3 is 0 Å². The van der Waals surface area contributed by atoms with Gasteiger partial charge in [0, 0.05) is 32.2 Å². The fourth-order valence-electron chi connectivity index (χ4n) is 2.80. The topological polar surface area (TPSA) is 38.7 Å². The standard InChI is InChI=1S/C12H25N3O/c16-10-9-14-5-2-6-15(8-7-14)11-12-3-1-4-13-12/h12-13,16H,1-11H2/t12-/m1/s1. The molecule has 2 rings (SSSR count). The number of nitrogens with one attached hydrogen (secondary N) is 1. The van der Waals surface area contributed by atoms with Gasteiger partial charge in [-0.25, -0.2) is 0 Å². The number of β-amino-alcohol motifs (C(OH)–C–C–N with tert-alkyl or cyclic N) is 1. The van der Waals surface area contributed by atoms with E-state index in [-0.39, 0.29) is 0 Å². The second-order valence-corrected chi connectivity index (χ2v) is 5.01. The first-order valence-electron chi connectivity index (χ1n) is 6.67. The second-order valence-electron chi connectivity index (χ2n) is 5.01. The molecule has 16 heavy (non-hydrogen) atoms. The van der Waals surface area contributed by atoms with Crippen molar-refractivity contribution in [3.05, 3.63) is 0 Å². The maximum absolute atomic E-state index is 8.94. The molecule has 2 aliphatic rings. The maximum atomic E-state index is 8.94. The van der Waals surface area contributed by atoms with Crippen LogP contribution >= 0.6 is 0 Å². The van der Waals surface area contributed by atoms with Gasteiger partial charge in [-0.3, -0.25) is 4.90 Å². The molecule has 2 N–H and O–H groups in total. The molecular weight excluding hydrogens is 202 g/mol. The first kappa shape index (κ1) is 12.3. The zero-order valence-electron chi connectivity index (χ0n) is 10.2. The molecule has 1 atom stereocenters. The first-order valence-corrected chi connectivity index (χ1v) is 6.67. The third kappa shape index (κ3) is 3.70. The Morgan fingerprint density at radius 1 is 1.06 bits per heavy atom. The molecule has 0 aromatic heterocycles. The van der Waals surface area contributed by atoms with Gasteiger partial charge in [0.2, 0.25) is 0 Å². The van der Waals surface area contributed by atoms with E-state index in [0.29, 0.717) is 6.61 Å². The van der Waals surface area contributed by atoms with Crippen molar-refractivity contribution in [2.45, 2.75) is 25.3 Å². The lowest BCUT2D eigenvalue weighted by atomic mass is 10.2. The Morgan fingerprint density at radius 2 is 1.88 bits per heavy atom. The van der Waals surface area contributed by atoms with E-state index in [1.54, 1.807) is 0 Å². The summed E-state index contributed by atoms with van der Waals surface area (Å²) in [6.45, 7) is 8.21. The number of hydrogen-bond acceptors (Lipinski definition) is 4. The molecule has 0 spiro atoms. The Bertz CT molecular complexity index is 195. The molecule has 0 aromatic rings. The van der Waals surface area contributed by atoms with Gasteiger partial charge in [-0.15, -0.1) is 0 Å². The van der Waals surface area contributed by atoms with Gasteiger partial charge < -0.3 is 15.3 Å². The van der Waals surface area contributed by atoms with Crippen LogP contribution in [0.2, 0.25) is 0 Å². The van der Waals surface area contributed by atoms with Crippen LogP contribution in [-0.4, -0.2) is 73.4 Å². The molecule has 0 unspecified atom stereocenters. The van der Waals surface area contributed by atoms with Crippen LogP contribution < -0.4 is 5.32 Å². The highest BCUT2D eigenvalue weighted by molar-refractivity contribution is 4.79. The predicted octanol–water partition coefficient (Wildman–Crippen LogP) is -0.262. The Hall–Kier alpha value is -0.160. The van der Waals surface area contributed by atoms with Crippen LogP contribution in [0.4, 0.5) is 0 Å². The van der Waals surface area contributed by atoms with Crippen molar-refractivity contribution in [2.24, 2.45) is 0 Å². The van der Waals surface area contributed by atoms with Gasteiger partial charge in [-0.05, 0) is 38.9 Å². The minimum absolute atomic E-state index is 0.296. The third-order valence-electron chi connectivity index (χ3n) is 3.74. The van der Waals surface area contributed by atoms with Crippen LogP contribution in [0, 0.1) is 0 Å². The van der Waals surface area contributed by atoms with Crippen molar-refractivity contribution in [3.63, 3.8) is 0 Å². The fraction of sp³-hybridized carbons (Fsp3) is 1.00. The smallest absolute Gasteiger partial charge is 0.0558 e. The lowest BCUT2D eigenvalue weighted by molar-refractivity contribution is 0.194. The molecule has 2 fully saturated rings. The van der Waals surface area contributed by atoms with E-state index in [2.05, 4.69) is 15.1 Å². The molecule has 2 saturated heterocycles. The highest BCUT2D eigenvalue weighted by Gasteiger charge is 2.20. The van der Waals surface area contributed by atoms with Crippen LogP contribution in [0.1, 0.15) is 19.3 Å². The monoisotopic (exact) mass is 227 g/mol. The van der Waals surface area contributed by atoms with E-state index in [1.807, 2.05) is 0 Å². The summed E-state index contributed by atoms with van der Waals surface area (Å²) in [6.07, 6.45) is 3.93. The van der Waals surface area contributed by atoms with Crippen LogP contribution in [0.25, 0.3) is 0 Å². The van der Waals surface area contributed by atoms with Crippen LogP contribution in [-0.2, 0) is 0 Å². The molecule has 0 amide bonds. The average Bonchev–Trinajstić information content (AvgIpc) is 2.68. The summed E-state index contributed by atoms with van der Waals surface area (Å²) in [6, 6.07) is 0.726. The van der Waals surface area contributed by atoms with Crippen LogP contribution in [0.15, 0.2) is 0 Å². The molecule has 2 aliphatic heterocycles. The number of rotatable bonds is 4. The zero-order valence-corrected chi connectivity index (χ0v) is 10.2. The molecule has 0 saturated carbocycles. The Morgan fingerprint density at radius 3 is 2.62 bits per heavy atom. The van der Waals surface area contributed by atoms with Gasteiger partial charge in [0.25, 0.3) is 0 Å². The number of aliphatic hydroxyl groups excluding tert-OH is 1. The van der Waals surface area contributed by atoms with Crippen molar-refractivity contribution < 1.29 is 5.11 Å². The van der Waals surface area contributed by atoms with Gasteiger partial charge in [-0.1, -0.05) is 0 Å². The molecule has 94 valence electrons. The van der Waals surface area contributed by atoms with Crippen molar-refractivity contribution in [3.8, 4) is 0 Å². The summed E-state index contributed by atoms with van der Waals surface area (Å²) >= 11 is 0. The van der Waals surface area contributed by atoms with Gasteiger partial charge in [-0.2, -0.15) is 0 Å². The summed E-state index contributed by atoms with van der Waals surface area (Å²) in [5.74, 6) is 0. The summed E-state index contributed by atoms with van der Waals surface area (Å²) < 4.78 is 0. The fourth-order valence-corrected chi connectivity index (χ4v) is 2.80. The maximum Gasteiger partial charge on any atom is 0.0558 e. The summed E-state index contributed by atoms with van der Waals surface area (Å²) in [4.78, 5) is 4.96. The van der Waals surface area contributed by atoms with E-state index < -0.39 is 0 Å². The van der Waals surface area contributed by atoms with Crippen molar-refractivity contribution in [1.29, 1.82) is 0 Å². The van der Waals surface area contributed by atoms with E-state index in [4.69, 9.17) is 5.11 Å². The van der Waals surface area contributed by atoms with Crippen LogP contribution in [0.3, 0.4) is 0 Å². The molecule has 4 nitrogen and oxygen atoms in total. The third-order valence-corrected chi connectivity index (χ3v) is 3.74. The lowest BCUT2D eigenvalue weighted by Crippen LogP contribution is -2.39. The second kappa shape index (κ2) is 6.55. The number of hydrogen-bond donors (Lipinski definition) is 2. The molecule has 0 bridgehead atoms. The zero-order chi connectivity index (χ0) is 11.2. The SMILES string of the molecule is OCCN1CCCN(C[C@H]2CCCN2)CC1. The summed E-state index contributed by atoms with van der Waals surface area (Å²) in [5, 5.41) is 12.5. The molecule has 0 aliphatic carbocycles. The molecule has 4 heteroatoms. The molecular formula is C12H25N3O. The van der Waals surface area contributed by atoms with E-state index in [0.717, 1.165) is 32.2 Å². The van der Waals surface area contributed by atoms with Gasteiger partial charge in [0.05, 0.1) is 6.61 Å². The van der Waals surface area contributed by atoms with E-state index in [1.165, 1.54) is 38.9 Å². The Balaban J connectivity index is 1.70. The highest BCUT2D eigenvalue weighted by Crippen LogP contribution is 2.09. The average molecular weight is 227 g/mol. The summed E-state index contributed by atoms with van der Waals surface area (Å²) in [5.41, 5.74) is 0. The van der Waals surface area contributed by atoms with Crippen molar-refractivity contribution in [1.82, 2.24) is 15.1 Å². The Kier molecular flexibility index (Phi) is 5.03. The normalized spacial score (nSPS) is 29.4. The minimum Gasteiger partial charge on any atom is -0.395 e. The lowest BCUT2D eigenvalue weighted by Gasteiger charge is -2.24. The number of aliphatic hydroxyl groups is 1. The van der Waals surface area contributed by atoms with Crippen molar-refractivity contribution >= 4 is 0 Å². The van der Waals surface area contributed by atoms with Crippen LogP contribution in [0.5, 0.6) is 0 Å². The Labute approximate surface area is 98.6 Å². The van der Waals surface area contributed by atoms with Crippen molar-refractivity contribution in [2.75, 3.05) is 52.4 Å². The van der Waals surface area contributed by atoms with E-state index in [9.17, 15) is 0 Å². The predicted molar refractivity (Wildman–Crippen MR) is 65.6 cm³/mol. The highest BCUT2D eigenvalue weighted by atomic mass is 16.3.